The minimum Gasteiger partial charge on any atom is -0.507 e. The molecule has 2 aromatic carbocycles. The molecular formula is C22H19FN2O5. The first-order valence-electron chi connectivity index (χ1n) is 8.96. The zero-order valence-corrected chi connectivity index (χ0v) is 16.3. The summed E-state index contributed by atoms with van der Waals surface area (Å²) in [5, 5.41) is 12.8. The number of aromatic hydroxyl groups is 1. The number of ketones is 1. The number of hydrogen-bond acceptors (Lipinski definition) is 5. The second kappa shape index (κ2) is 8.60. The second-order valence-corrected chi connectivity index (χ2v) is 6.59. The van der Waals surface area contributed by atoms with E-state index in [1.54, 1.807) is 12.1 Å². The van der Waals surface area contributed by atoms with Gasteiger partial charge in [-0.05, 0) is 29.8 Å². The molecule has 0 saturated heterocycles. The third-order valence-electron chi connectivity index (χ3n) is 4.38. The fourth-order valence-corrected chi connectivity index (χ4v) is 2.94. The van der Waals surface area contributed by atoms with Crippen molar-refractivity contribution >= 4 is 17.4 Å². The average Bonchev–Trinajstić information content (AvgIpc) is 2.71. The van der Waals surface area contributed by atoms with Crippen molar-refractivity contribution in [3.05, 3.63) is 87.6 Å². The molecule has 8 heteroatoms. The SMILES string of the molecule is COc1cc(O)c(C(=O)c2ccc(=O)n(Cc3ccc(F)cc3)c2)cc1NC(C)=O. The van der Waals surface area contributed by atoms with E-state index in [1.165, 1.54) is 61.2 Å². The molecule has 0 radical (unpaired) electrons. The molecule has 2 N–H and O–H groups in total. The van der Waals surface area contributed by atoms with E-state index in [0.29, 0.717) is 5.56 Å². The Labute approximate surface area is 171 Å². The number of nitrogens with one attached hydrogen (secondary N) is 1. The highest BCUT2D eigenvalue weighted by molar-refractivity contribution is 6.11. The number of rotatable bonds is 6. The van der Waals surface area contributed by atoms with E-state index in [9.17, 15) is 23.9 Å². The molecule has 1 aromatic heterocycles. The lowest BCUT2D eigenvalue weighted by Gasteiger charge is -2.13. The predicted octanol–water partition coefficient (Wildman–Crippen LogP) is 2.94. The Morgan fingerprint density at radius 2 is 1.83 bits per heavy atom. The number of nitrogens with zero attached hydrogens (tertiary/aromatic N) is 1. The lowest BCUT2D eigenvalue weighted by Crippen LogP contribution is -2.21. The summed E-state index contributed by atoms with van der Waals surface area (Å²) >= 11 is 0. The van der Waals surface area contributed by atoms with Crippen LogP contribution in [0.2, 0.25) is 0 Å². The number of benzene rings is 2. The Balaban J connectivity index is 1.98. The number of anilines is 1. The summed E-state index contributed by atoms with van der Waals surface area (Å²) in [5.41, 5.74) is 0.667. The number of hydrogen-bond donors (Lipinski definition) is 2. The number of phenols is 1. The van der Waals surface area contributed by atoms with Gasteiger partial charge in [0, 0.05) is 30.8 Å². The highest BCUT2D eigenvalue weighted by Crippen LogP contribution is 2.33. The van der Waals surface area contributed by atoms with Gasteiger partial charge < -0.3 is 19.7 Å². The highest BCUT2D eigenvalue weighted by atomic mass is 19.1. The van der Waals surface area contributed by atoms with E-state index < -0.39 is 5.78 Å². The minimum absolute atomic E-state index is 0.0634. The summed E-state index contributed by atoms with van der Waals surface area (Å²) in [6.07, 6.45) is 1.37. The number of carbonyl (C=O) groups is 2. The fourth-order valence-electron chi connectivity index (χ4n) is 2.94. The summed E-state index contributed by atoms with van der Waals surface area (Å²) in [6, 6.07) is 10.8. The third-order valence-corrected chi connectivity index (χ3v) is 4.38. The van der Waals surface area contributed by atoms with E-state index in [-0.39, 0.29) is 52.1 Å². The third kappa shape index (κ3) is 4.54. The lowest BCUT2D eigenvalue weighted by molar-refractivity contribution is -0.114. The van der Waals surface area contributed by atoms with E-state index in [1.807, 2.05) is 0 Å². The van der Waals surface area contributed by atoms with Crippen LogP contribution in [0.15, 0.2) is 59.5 Å². The van der Waals surface area contributed by atoms with Crippen LogP contribution >= 0.6 is 0 Å². The number of halogens is 1. The molecule has 0 unspecified atom stereocenters. The molecule has 3 aromatic rings. The molecule has 0 fully saturated rings. The normalized spacial score (nSPS) is 10.5. The van der Waals surface area contributed by atoms with Crippen LogP contribution in [0.25, 0.3) is 0 Å². The molecule has 7 nitrogen and oxygen atoms in total. The van der Waals surface area contributed by atoms with Gasteiger partial charge in [0.05, 0.1) is 24.9 Å². The molecule has 0 spiro atoms. The van der Waals surface area contributed by atoms with E-state index in [0.717, 1.165) is 0 Å². The average molecular weight is 410 g/mol. The van der Waals surface area contributed by atoms with Crippen LogP contribution in [0, 0.1) is 5.82 Å². The van der Waals surface area contributed by atoms with Crippen LogP contribution in [0.4, 0.5) is 10.1 Å². The largest absolute Gasteiger partial charge is 0.507 e. The maximum absolute atomic E-state index is 13.1. The number of pyridine rings is 1. The van der Waals surface area contributed by atoms with Gasteiger partial charge in [0.2, 0.25) is 5.91 Å². The molecule has 0 saturated carbocycles. The Morgan fingerprint density at radius 3 is 2.47 bits per heavy atom. The van der Waals surface area contributed by atoms with Crippen molar-refractivity contribution in [3.8, 4) is 11.5 Å². The predicted molar refractivity (Wildman–Crippen MR) is 109 cm³/mol. The van der Waals surface area contributed by atoms with Gasteiger partial charge in [-0.1, -0.05) is 12.1 Å². The molecule has 154 valence electrons. The molecule has 30 heavy (non-hydrogen) atoms. The van der Waals surface area contributed by atoms with Crippen LogP contribution in [0.3, 0.4) is 0 Å². The van der Waals surface area contributed by atoms with Crippen molar-refractivity contribution in [1.82, 2.24) is 4.57 Å². The fraction of sp³-hybridized carbons (Fsp3) is 0.136. The highest BCUT2D eigenvalue weighted by Gasteiger charge is 2.19. The summed E-state index contributed by atoms with van der Waals surface area (Å²) in [5.74, 6) is -1.44. The van der Waals surface area contributed by atoms with Crippen molar-refractivity contribution < 1.29 is 23.8 Å². The van der Waals surface area contributed by atoms with E-state index >= 15 is 0 Å². The Bertz CT molecular complexity index is 1170. The van der Waals surface area contributed by atoms with Crippen LogP contribution in [-0.2, 0) is 11.3 Å². The number of methoxy groups -OCH3 is 1. The van der Waals surface area contributed by atoms with Gasteiger partial charge in [-0.25, -0.2) is 4.39 Å². The summed E-state index contributed by atoms with van der Waals surface area (Å²) in [6.45, 7) is 1.45. The molecule has 1 heterocycles. The standard InChI is InChI=1S/C22H19FN2O5/c1-13(26)24-18-9-17(19(27)10-20(18)30-2)22(29)15-5-8-21(28)25(12-15)11-14-3-6-16(23)7-4-14/h3-10,12,27H,11H2,1-2H3,(H,24,26). The second-order valence-electron chi connectivity index (χ2n) is 6.59. The first kappa shape index (κ1) is 20.8. The molecular weight excluding hydrogens is 391 g/mol. The molecule has 1 amide bonds. The molecule has 0 atom stereocenters. The van der Waals surface area contributed by atoms with Gasteiger partial charge in [0.1, 0.15) is 17.3 Å². The van der Waals surface area contributed by atoms with Gasteiger partial charge in [0.25, 0.3) is 5.56 Å². The Morgan fingerprint density at radius 1 is 1.13 bits per heavy atom. The van der Waals surface area contributed by atoms with Gasteiger partial charge in [-0.3, -0.25) is 14.4 Å². The van der Waals surface area contributed by atoms with Crippen LogP contribution in [0.1, 0.15) is 28.4 Å². The number of aromatic nitrogens is 1. The maximum Gasteiger partial charge on any atom is 0.250 e. The van der Waals surface area contributed by atoms with E-state index in [2.05, 4.69) is 5.32 Å². The monoisotopic (exact) mass is 410 g/mol. The van der Waals surface area contributed by atoms with Crippen molar-refractivity contribution in [2.24, 2.45) is 0 Å². The number of amides is 1. The topological polar surface area (TPSA) is 97.6 Å². The number of ether oxygens (including phenoxy) is 1. The van der Waals surface area contributed by atoms with Crippen LogP contribution in [0.5, 0.6) is 11.5 Å². The summed E-state index contributed by atoms with van der Waals surface area (Å²) < 4.78 is 19.5. The number of carbonyl (C=O) groups excluding carboxylic acids is 2. The zero-order chi connectivity index (χ0) is 21.8. The molecule has 0 aliphatic rings. The minimum atomic E-state index is -0.547. The lowest BCUT2D eigenvalue weighted by atomic mass is 10.0. The molecule has 0 aliphatic carbocycles. The zero-order valence-electron chi connectivity index (χ0n) is 16.3. The number of phenolic OH excluding ortho intramolecular Hbond substituents is 1. The summed E-state index contributed by atoms with van der Waals surface area (Å²) in [4.78, 5) is 36.6. The molecule has 0 bridgehead atoms. The maximum atomic E-state index is 13.1. The summed E-state index contributed by atoms with van der Waals surface area (Å²) in [7, 11) is 1.37. The molecule has 0 aliphatic heterocycles. The van der Waals surface area contributed by atoms with Crippen molar-refractivity contribution in [1.29, 1.82) is 0 Å². The first-order valence-corrected chi connectivity index (χ1v) is 8.96. The molecule has 3 rings (SSSR count). The smallest absolute Gasteiger partial charge is 0.250 e. The van der Waals surface area contributed by atoms with Gasteiger partial charge in [-0.15, -0.1) is 0 Å². The van der Waals surface area contributed by atoms with Gasteiger partial charge in [0.15, 0.2) is 5.78 Å². The van der Waals surface area contributed by atoms with Gasteiger partial charge in [-0.2, -0.15) is 0 Å². The quantitative estimate of drug-likeness (QED) is 0.481. The van der Waals surface area contributed by atoms with Crippen molar-refractivity contribution in [2.45, 2.75) is 13.5 Å². The van der Waals surface area contributed by atoms with E-state index in [4.69, 9.17) is 4.74 Å². The van der Waals surface area contributed by atoms with Gasteiger partial charge >= 0.3 is 0 Å². The van der Waals surface area contributed by atoms with Crippen molar-refractivity contribution in [2.75, 3.05) is 12.4 Å². The first-order chi connectivity index (χ1) is 14.3. The Hall–Kier alpha value is -3.94. The Kier molecular flexibility index (Phi) is 5.96. The van der Waals surface area contributed by atoms with Crippen LogP contribution < -0.4 is 15.6 Å². The van der Waals surface area contributed by atoms with Crippen LogP contribution in [-0.4, -0.2) is 28.5 Å². The van der Waals surface area contributed by atoms with Crippen molar-refractivity contribution in [3.63, 3.8) is 0 Å².